The summed E-state index contributed by atoms with van der Waals surface area (Å²) < 4.78 is 1.92. The van der Waals surface area contributed by atoms with Crippen LogP contribution in [0.25, 0.3) is 27.4 Å². The summed E-state index contributed by atoms with van der Waals surface area (Å²) in [6.45, 7) is 1.54. The summed E-state index contributed by atoms with van der Waals surface area (Å²) >= 11 is 1.64. The molecule has 0 aromatic carbocycles. The maximum Gasteiger partial charge on any atom is 0.161 e. The molecule has 1 aliphatic carbocycles. The van der Waals surface area contributed by atoms with Gasteiger partial charge in [0.25, 0.3) is 0 Å². The van der Waals surface area contributed by atoms with E-state index in [0.29, 0.717) is 17.5 Å². The number of Topliss-reactive ketones (excluding diaryl/α,β-unsaturated/α-hetero) is 1. The first-order valence-electron chi connectivity index (χ1n) is 10.8. The highest BCUT2D eigenvalue weighted by atomic mass is 32.1. The first kappa shape index (κ1) is 20.7. The topological polar surface area (TPSA) is 112 Å². The van der Waals surface area contributed by atoms with Crippen LogP contribution in [0.5, 0.6) is 0 Å². The van der Waals surface area contributed by atoms with Gasteiger partial charge in [-0.3, -0.25) is 9.36 Å². The summed E-state index contributed by atoms with van der Waals surface area (Å²) in [5.41, 5.74) is 9.25. The first-order valence-corrected chi connectivity index (χ1v) is 11.6. The van der Waals surface area contributed by atoms with Gasteiger partial charge < -0.3 is 11.1 Å². The average Bonchev–Trinajstić information content (AvgIpc) is 3.46. The molecule has 0 aliphatic heterocycles. The van der Waals surface area contributed by atoms with Crippen molar-refractivity contribution in [2.75, 3.05) is 12.4 Å². The van der Waals surface area contributed by atoms with Crippen molar-refractivity contribution in [1.29, 1.82) is 0 Å². The number of hydrogen-bond donors (Lipinski definition) is 2. The second-order valence-electron chi connectivity index (χ2n) is 8.27. The minimum absolute atomic E-state index is 0.000375. The zero-order chi connectivity index (χ0) is 22.2. The van der Waals surface area contributed by atoms with Gasteiger partial charge in [0.05, 0.1) is 5.56 Å². The zero-order valence-electron chi connectivity index (χ0n) is 18.1. The number of ketones is 1. The van der Waals surface area contributed by atoms with Crippen LogP contribution in [-0.2, 0) is 0 Å². The molecule has 164 valence electrons. The van der Waals surface area contributed by atoms with Gasteiger partial charge in [0.1, 0.15) is 16.5 Å². The summed E-state index contributed by atoms with van der Waals surface area (Å²) in [6, 6.07) is 6.10. The van der Waals surface area contributed by atoms with Crippen molar-refractivity contribution in [2.24, 2.45) is 5.73 Å². The molecule has 0 unspecified atom stereocenters. The van der Waals surface area contributed by atoms with Crippen LogP contribution < -0.4 is 11.1 Å². The van der Waals surface area contributed by atoms with Crippen molar-refractivity contribution < 1.29 is 4.79 Å². The molecule has 32 heavy (non-hydrogen) atoms. The van der Waals surface area contributed by atoms with E-state index in [1.54, 1.807) is 24.5 Å². The lowest BCUT2D eigenvalue weighted by Crippen LogP contribution is -2.25. The molecule has 0 spiro atoms. The quantitative estimate of drug-likeness (QED) is 0.442. The normalized spacial score (nSPS) is 18.7. The van der Waals surface area contributed by atoms with Gasteiger partial charge in [-0.05, 0) is 44.7 Å². The molecule has 1 aliphatic rings. The second-order valence-corrected chi connectivity index (χ2v) is 9.28. The molecule has 4 aromatic rings. The Balaban J connectivity index is 1.46. The fourth-order valence-corrected chi connectivity index (χ4v) is 5.27. The molecule has 5 rings (SSSR count). The van der Waals surface area contributed by atoms with Crippen LogP contribution in [0.4, 0.5) is 5.69 Å². The number of carbonyl (C=O) groups is 1. The van der Waals surface area contributed by atoms with E-state index >= 15 is 0 Å². The summed E-state index contributed by atoms with van der Waals surface area (Å²) in [5, 5.41) is 15.1. The van der Waals surface area contributed by atoms with Crippen LogP contribution >= 0.6 is 11.3 Å². The molecule has 0 bridgehead atoms. The Morgan fingerprint density at radius 3 is 2.72 bits per heavy atom. The Morgan fingerprint density at radius 2 is 1.97 bits per heavy atom. The van der Waals surface area contributed by atoms with E-state index < -0.39 is 0 Å². The van der Waals surface area contributed by atoms with Gasteiger partial charge in [-0.15, -0.1) is 10.2 Å². The summed E-state index contributed by atoms with van der Waals surface area (Å²) in [7, 11) is 1.89. The predicted molar refractivity (Wildman–Crippen MR) is 127 cm³/mol. The lowest BCUT2D eigenvalue weighted by molar-refractivity contribution is 0.101. The van der Waals surface area contributed by atoms with Gasteiger partial charge in [-0.2, -0.15) is 0 Å². The Bertz CT molecular complexity index is 1290. The van der Waals surface area contributed by atoms with Gasteiger partial charge in [-0.1, -0.05) is 11.3 Å². The van der Waals surface area contributed by atoms with Gasteiger partial charge in [-0.25, -0.2) is 9.97 Å². The van der Waals surface area contributed by atoms with Crippen molar-refractivity contribution in [3.8, 4) is 16.4 Å². The highest BCUT2D eigenvalue weighted by Gasteiger charge is 2.24. The Hall–Kier alpha value is -3.17. The number of aromatic nitrogens is 5. The molecule has 8 nitrogen and oxygen atoms in total. The largest absolute Gasteiger partial charge is 0.387 e. The molecule has 0 atom stereocenters. The number of hydrogen-bond acceptors (Lipinski definition) is 8. The SMILES string of the molecule is CNc1cc(-n2ccc3cc(C(C)=O)cnc32)ncc1-c1nnc([C@H]2CC[C@H](N)CC2)s1. The van der Waals surface area contributed by atoms with E-state index in [9.17, 15) is 4.79 Å². The third-order valence-corrected chi connectivity index (χ3v) is 7.25. The maximum atomic E-state index is 11.7. The Labute approximate surface area is 189 Å². The van der Waals surface area contributed by atoms with E-state index in [1.165, 1.54) is 0 Å². The van der Waals surface area contributed by atoms with Crippen molar-refractivity contribution in [1.82, 2.24) is 24.7 Å². The number of nitrogens with one attached hydrogen (secondary N) is 1. The first-order chi connectivity index (χ1) is 15.5. The smallest absolute Gasteiger partial charge is 0.161 e. The standard InChI is InChI=1S/C23H25N7OS/c1-13(31)16-9-15-7-8-30(21(15)27-11-16)20-10-19(25-2)18(12-26-20)23-29-28-22(32-23)14-3-5-17(24)6-4-14/h7-12,14,17H,3-6,24H2,1-2H3,(H,25,26)/t14-,17-. The fraction of sp³-hybridized carbons (Fsp3) is 0.348. The van der Waals surface area contributed by atoms with Crippen LogP contribution in [0.3, 0.4) is 0 Å². The van der Waals surface area contributed by atoms with Crippen molar-refractivity contribution in [2.45, 2.75) is 44.6 Å². The lowest BCUT2D eigenvalue weighted by Gasteiger charge is -2.23. The second kappa shape index (κ2) is 8.40. The molecular formula is C23H25N7OS. The van der Waals surface area contributed by atoms with Crippen LogP contribution in [0.1, 0.15) is 53.9 Å². The van der Waals surface area contributed by atoms with E-state index in [1.807, 2.05) is 42.2 Å². The molecule has 0 radical (unpaired) electrons. The molecule has 4 aromatic heterocycles. The predicted octanol–water partition coefficient (Wildman–Crippen LogP) is 4.17. The number of pyridine rings is 2. The Kier molecular flexibility index (Phi) is 5.44. The average molecular weight is 448 g/mol. The van der Waals surface area contributed by atoms with Gasteiger partial charge in [0, 0.05) is 60.3 Å². The molecule has 9 heteroatoms. The highest BCUT2D eigenvalue weighted by molar-refractivity contribution is 7.14. The molecular weight excluding hydrogens is 422 g/mol. The van der Waals surface area contributed by atoms with E-state index in [0.717, 1.165) is 63.8 Å². The maximum absolute atomic E-state index is 11.7. The van der Waals surface area contributed by atoms with Crippen molar-refractivity contribution in [3.63, 3.8) is 0 Å². The molecule has 1 fully saturated rings. The van der Waals surface area contributed by atoms with Crippen molar-refractivity contribution >= 4 is 33.8 Å². The fourth-order valence-electron chi connectivity index (χ4n) is 4.23. The van der Waals surface area contributed by atoms with Crippen LogP contribution in [0.15, 0.2) is 36.8 Å². The monoisotopic (exact) mass is 447 g/mol. The van der Waals surface area contributed by atoms with Gasteiger partial charge >= 0.3 is 0 Å². The number of nitrogens with two attached hydrogens (primary N) is 1. The zero-order valence-corrected chi connectivity index (χ0v) is 18.9. The molecule has 0 amide bonds. The number of carbonyl (C=O) groups excluding carboxylic acids is 1. The number of anilines is 1. The number of rotatable bonds is 5. The number of nitrogens with zero attached hydrogens (tertiary/aromatic N) is 5. The highest BCUT2D eigenvalue weighted by Crippen LogP contribution is 2.38. The summed E-state index contributed by atoms with van der Waals surface area (Å²) in [6.07, 6.45) is 9.60. The third-order valence-electron chi connectivity index (χ3n) is 6.13. The minimum Gasteiger partial charge on any atom is -0.387 e. The third kappa shape index (κ3) is 3.78. The molecule has 0 saturated heterocycles. The van der Waals surface area contributed by atoms with Crippen molar-refractivity contribution in [3.05, 3.63) is 47.4 Å². The van der Waals surface area contributed by atoms with E-state index in [4.69, 9.17) is 5.73 Å². The van der Waals surface area contributed by atoms with Crippen LogP contribution in [0, 0.1) is 0 Å². The summed E-state index contributed by atoms with van der Waals surface area (Å²) in [5.74, 6) is 1.19. The summed E-state index contributed by atoms with van der Waals surface area (Å²) in [4.78, 5) is 20.8. The van der Waals surface area contributed by atoms with E-state index in [2.05, 4.69) is 25.5 Å². The van der Waals surface area contributed by atoms with Crippen LogP contribution in [-0.4, -0.2) is 43.6 Å². The number of fused-ring (bicyclic) bond motifs is 1. The van der Waals surface area contributed by atoms with Crippen LogP contribution in [0.2, 0.25) is 0 Å². The molecule has 4 heterocycles. The van der Waals surface area contributed by atoms with E-state index in [-0.39, 0.29) is 5.78 Å². The van der Waals surface area contributed by atoms with Gasteiger partial charge in [0.2, 0.25) is 0 Å². The minimum atomic E-state index is -0.000375. The lowest BCUT2D eigenvalue weighted by atomic mass is 9.87. The Morgan fingerprint density at radius 1 is 1.16 bits per heavy atom. The molecule has 1 saturated carbocycles. The van der Waals surface area contributed by atoms with Gasteiger partial charge in [0.15, 0.2) is 10.8 Å². The molecule has 3 N–H and O–H groups in total.